The molecule has 0 saturated carbocycles. The molecule has 1 unspecified atom stereocenters. The lowest BCUT2D eigenvalue weighted by atomic mass is 10.2. The van der Waals surface area contributed by atoms with Crippen LogP contribution in [-0.2, 0) is 6.54 Å². The number of nitrogens with two attached hydrogens (primary N) is 1. The van der Waals surface area contributed by atoms with Gasteiger partial charge in [0.15, 0.2) is 0 Å². The number of halogens is 3. The maximum atomic E-state index is 12.4. The van der Waals surface area contributed by atoms with Crippen molar-refractivity contribution in [2.24, 2.45) is 5.73 Å². The SMILES string of the molecule is NCC1CCCN1C(=O)c1cccn1CC(F)(F)F. The number of alkyl halides is 3. The quantitative estimate of drug-likeness (QED) is 0.911. The van der Waals surface area contributed by atoms with E-state index in [1.165, 1.54) is 18.3 Å². The van der Waals surface area contributed by atoms with Crippen molar-refractivity contribution < 1.29 is 18.0 Å². The summed E-state index contributed by atoms with van der Waals surface area (Å²) in [7, 11) is 0. The number of carbonyl (C=O) groups is 1. The third-order valence-electron chi connectivity index (χ3n) is 3.31. The molecule has 0 bridgehead atoms. The number of aromatic nitrogens is 1. The highest BCUT2D eigenvalue weighted by Gasteiger charge is 2.33. The smallest absolute Gasteiger partial charge is 0.334 e. The van der Waals surface area contributed by atoms with E-state index in [1.807, 2.05) is 0 Å². The zero-order valence-corrected chi connectivity index (χ0v) is 10.4. The summed E-state index contributed by atoms with van der Waals surface area (Å²) in [6.45, 7) is -0.258. The molecule has 1 aromatic heterocycles. The highest BCUT2D eigenvalue weighted by Crippen LogP contribution is 2.22. The van der Waals surface area contributed by atoms with Gasteiger partial charge in [-0.25, -0.2) is 0 Å². The maximum Gasteiger partial charge on any atom is 0.406 e. The minimum Gasteiger partial charge on any atom is -0.334 e. The Morgan fingerprint density at radius 1 is 1.47 bits per heavy atom. The number of hydrogen-bond donors (Lipinski definition) is 1. The highest BCUT2D eigenvalue weighted by molar-refractivity contribution is 5.93. The fourth-order valence-electron chi connectivity index (χ4n) is 2.43. The standard InChI is InChI=1S/C12H16F3N3O/c13-12(14,15)8-17-5-2-4-10(17)11(19)18-6-1-3-9(18)7-16/h2,4-5,9H,1,3,6-8,16H2. The molecule has 1 fully saturated rings. The second-order valence-electron chi connectivity index (χ2n) is 4.67. The van der Waals surface area contributed by atoms with E-state index in [2.05, 4.69) is 0 Å². The van der Waals surface area contributed by atoms with E-state index in [0.29, 0.717) is 13.1 Å². The summed E-state index contributed by atoms with van der Waals surface area (Å²) < 4.78 is 38.2. The normalized spacial score (nSPS) is 20.0. The van der Waals surface area contributed by atoms with Crippen LogP contribution in [0.5, 0.6) is 0 Å². The predicted octanol–water partition coefficient (Wildman–Crippen LogP) is 1.61. The molecule has 1 aliphatic heterocycles. The number of likely N-dealkylation sites (tertiary alicyclic amines) is 1. The van der Waals surface area contributed by atoms with Crippen molar-refractivity contribution in [2.75, 3.05) is 13.1 Å². The molecule has 106 valence electrons. The van der Waals surface area contributed by atoms with Gasteiger partial charge in [0.25, 0.3) is 5.91 Å². The summed E-state index contributed by atoms with van der Waals surface area (Å²) in [6.07, 6.45) is -1.42. The molecule has 1 aromatic rings. The zero-order chi connectivity index (χ0) is 14.0. The van der Waals surface area contributed by atoms with Crippen LogP contribution in [0.2, 0.25) is 0 Å². The Morgan fingerprint density at radius 3 is 2.84 bits per heavy atom. The van der Waals surface area contributed by atoms with Crippen molar-refractivity contribution in [1.29, 1.82) is 0 Å². The lowest BCUT2D eigenvalue weighted by molar-refractivity contribution is -0.140. The molecule has 0 aromatic carbocycles. The maximum absolute atomic E-state index is 12.4. The average Bonchev–Trinajstić information content (AvgIpc) is 2.93. The van der Waals surface area contributed by atoms with Crippen LogP contribution in [0.1, 0.15) is 23.3 Å². The first-order valence-electron chi connectivity index (χ1n) is 6.15. The van der Waals surface area contributed by atoms with E-state index in [-0.39, 0.29) is 17.6 Å². The van der Waals surface area contributed by atoms with E-state index < -0.39 is 12.7 Å². The summed E-state index contributed by atoms with van der Waals surface area (Å²) in [4.78, 5) is 13.8. The van der Waals surface area contributed by atoms with Gasteiger partial charge in [-0.2, -0.15) is 13.2 Å². The van der Waals surface area contributed by atoms with Crippen LogP contribution < -0.4 is 5.73 Å². The van der Waals surface area contributed by atoms with Crippen LogP contribution in [0, 0.1) is 0 Å². The first kappa shape index (κ1) is 13.9. The zero-order valence-electron chi connectivity index (χ0n) is 10.4. The van der Waals surface area contributed by atoms with Crippen LogP contribution >= 0.6 is 0 Å². The molecule has 1 amide bonds. The average molecular weight is 275 g/mol. The van der Waals surface area contributed by atoms with Crippen molar-refractivity contribution in [3.63, 3.8) is 0 Å². The number of hydrogen-bond acceptors (Lipinski definition) is 2. The Kier molecular flexibility index (Phi) is 3.84. The van der Waals surface area contributed by atoms with Gasteiger partial charge >= 0.3 is 6.18 Å². The Bertz CT molecular complexity index is 455. The van der Waals surface area contributed by atoms with E-state index in [9.17, 15) is 18.0 Å². The molecular formula is C12H16F3N3O. The second-order valence-corrected chi connectivity index (χ2v) is 4.67. The molecule has 19 heavy (non-hydrogen) atoms. The van der Waals surface area contributed by atoms with E-state index in [1.54, 1.807) is 4.90 Å². The lowest BCUT2D eigenvalue weighted by Gasteiger charge is -2.24. The fraction of sp³-hybridized carbons (Fsp3) is 0.583. The van der Waals surface area contributed by atoms with Gasteiger partial charge < -0.3 is 15.2 Å². The summed E-state index contributed by atoms with van der Waals surface area (Å²) >= 11 is 0. The Hall–Kier alpha value is -1.50. The molecule has 0 aliphatic carbocycles. The van der Waals surface area contributed by atoms with Crippen molar-refractivity contribution in [3.8, 4) is 0 Å². The third kappa shape index (κ3) is 3.09. The summed E-state index contributed by atoms with van der Waals surface area (Å²) in [5, 5.41) is 0. The Labute approximate surface area is 109 Å². The molecule has 2 N–H and O–H groups in total. The molecule has 2 rings (SSSR count). The minimum absolute atomic E-state index is 0.0673. The van der Waals surface area contributed by atoms with Gasteiger partial charge in [-0.15, -0.1) is 0 Å². The molecule has 4 nitrogen and oxygen atoms in total. The van der Waals surface area contributed by atoms with Gasteiger partial charge in [-0.05, 0) is 25.0 Å². The lowest BCUT2D eigenvalue weighted by Crippen LogP contribution is -2.41. The van der Waals surface area contributed by atoms with Gasteiger partial charge in [0.05, 0.1) is 0 Å². The van der Waals surface area contributed by atoms with Gasteiger partial charge in [0.2, 0.25) is 0 Å². The van der Waals surface area contributed by atoms with Crippen LogP contribution in [0.4, 0.5) is 13.2 Å². The van der Waals surface area contributed by atoms with Gasteiger partial charge in [-0.1, -0.05) is 0 Å². The van der Waals surface area contributed by atoms with E-state index in [4.69, 9.17) is 5.73 Å². The molecule has 0 spiro atoms. The number of amides is 1. The van der Waals surface area contributed by atoms with Gasteiger partial charge in [0.1, 0.15) is 12.2 Å². The molecular weight excluding hydrogens is 259 g/mol. The largest absolute Gasteiger partial charge is 0.406 e. The molecule has 2 heterocycles. The molecule has 7 heteroatoms. The van der Waals surface area contributed by atoms with Crippen LogP contribution in [0.25, 0.3) is 0 Å². The topological polar surface area (TPSA) is 51.3 Å². The summed E-state index contributed by atoms with van der Waals surface area (Å²) in [5.41, 5.74) is 5.64. The van der Waals surface area contributed by atoms with Crippen molar-refractivity contribution in [1.82, 2.24) is 9.47 Å². The van der Waals surface area contributed by atoms with Gasteiger partial charge in [-0.3, -0.25) is 4.79 Å². The minimum atomic E-state index is -4.34. The van der Waals surface area contributed by atoms with Crippen LogP contribution in [0.3, 0.4) is 0 Å². The molecule has 0 radical (unpaired) electrons. The number of nitrogens with zero attached hydrogens (tertiary/aromatic N) is 2. The Balaban J connectivity index is 2.18. The fourth-order valence-corrected chi connectivity index (χ4v) is 2.43. The van der Waals surface area contributed by atoms with E-state index in [0.717, 1.165) is 17.4 Å². The first-order chi connectivity index (χ1) is 8.92. The summed E-state index contributed by atoms with van der Waals surface area (Å²) in [6, 6.07) is 2.80. The predicted molar refractivity (Wildman–Crippen MR) is 63.6 cm³/mol. The molecule has 1 atom stereocenters. The number of carbonyl (C=O) groups excluding carboxylic acids is 1. The van der Waals surface area contributed by atoms with Gasteiger partial charge in [0, 0.05) is 25.3 Å². The van der Waals surface area contributed by atoms with Crippen molar-refractivity contribution in [3.05, 3.63) is 24.0 Å². The van der Waals surface area contributed by atoms with Crippen LogP contribution in [0.15, 0.2) is 18.3 Å². The van der Waals surface area contributed by atoms with E-state index >= 15 is 0 Å². The molecule has 1 aliphatic rings. The van der Waals surface area contributed by atoms with Crippen molar-refractivity contribution >= 4 is 5.91 Å². The second kappa shape index (κ2) is 5.24. The summed E-state index contributed by atoms with van der Waals surface area (Å²) in [5.74, 6) is -0.373. The first-order valence-corrected chi connectivity index (χ1v) is 6.15. The number of rotatable bonds is 3. The third-order valence-corrected chi connectivity index (χ3v) is 3.31. The highest BCUT2D eigenvalue weighted by atomic mass is 19.4. The van der Waals surface area contributed by atoms with Crippen molar-refractivity contribution in [2.45, 2.75) is 31.6 Å². The Morgan fingerprint density at radius 2 is 2.21 bits per heavy atom. The van der Waals surface area contributed by atoms with Crippen LogP contribution in [-0.4, -0.2) is 40.7 Å². The molecule has 1 saturated heterocycles. The monoisotopic (exact) mass is 275 g/mol.